The fraction of sp³-hybridized carbons (Fsp3) is 0.250. The number of ether oxygens (including phenoxy) is 1. The van der Waals surface area contributed by atoms with Gasteiger partial charge in [-0.25, -0.2) is 4.98 Å². The maximum absolute atomic E-state index is 11.0. The molecule has 2 heterocycles. The SMILES string of the molecule is COC(=O)Cc1nnc2ncccn12. The molecule has 72 valence electrons. The molecule has 0 radical (unpaired) electrons. The second-order valence-corrected chi connectivity index (χ2v) is 2.66. The van der Waals surface area contributed by atoms with Crippen LogP contribution < -0.4 is 0 Å². The number of carbonyl (C=O) groups is 1. The van der Waals surface area contributed by atoms with Crippen LogP contribution in [0.2, 0.25) is 0 Å². The van der Waals surface area contributed by atoms with Gasteiger partial charge < -0.3 is 4.74 Å². The van der Waals surface area contributed by atoms with Crippen molar-refractivity contribution in [2.75, 3.05) is 7.11 Å². The van der Waals surface area contributed by atoms with Crippen LogP contribution in [-0.4, -0.2) is 32.7 Å². The molecule has 6 heteroatoms. The van der Waals surface area contributed by atoms with Crippen molar-refractivity contribution >= 4 is 11.7 Å². The second-order valence-electron chi connectivity index (χ2n) is 2.66. The quantitative estimate of drug-likeness (QED) is 0.618. The Kier molecular flexibility index (Phi) is 2.10. The molecule has 0 aliphatic rings. The summed E-state index contributed by atoms with van der Waals surface area (Å²) in [5.41, 5.74) is 0. The minimum Gasteiger partial charge on any atom is -0.469 e. The van der Waals surface area contributed by atoms with Crippen LogP contribution in [-0.2, 0) is 16.0 Å². The molecule has 14 heavy (non-hydrogen) atoms. The predicted molar refractivity (Wildman–Crippen MR) is 46.5 cm³/mol. The minimum absolute atomic E-state index is 0.101. The summed E-state index contributed by atoms with van der Waals surface area (Å²) in [6.45, 7) is 0. The van der Waals surface area contributed by atoms with Crippen LogP contribution in [0.3, 0.4) is 0 Å². The third kappa shape index (κ3) is 1.41. The molecule has 2 aromatic heterocycles. The van der Waals surface area contributed by atoms with Crippen LogP contribution in [0.15, 0.2) is 18.5 Å². The first-order valence-corrected chi connectivity index (χ1v) is 4.02. The summed E-state index contributed by atoms with van der Waals surface area (Å²) in [7, 11) is 1.34. The van der Waals surface area contributed by atoms with Crippen LogP contribution in [0.25, 0.3) is 5.78 Å². The summed E-state index contributed by atoms with van der Waals surface area (Å²) < 4.78 is 6.18. The molecular weight excluding hydrogens is 184 g/mol. The van der Waals surface area contributed by atoms with E-state index in [0.29, 0.717) is 11.6 Å². The molecule has 0 amide bonds. The maximum Gasteiger partial charge on any atom is 0.313 e. The zero-order chi connectivity index (χ0) is 9.97. The molecule has 0 atom stereocenters. The van der Waals surface area contributed by atoms with E-state index in [1.807, 2.05) is 0 Å². The van der Waals surface area contributed by atoms with Crippen LogP contribution in [0.4, 0.5) is 0 Å². The van der Waals surface area contributed by atoms with E-state index in [1.165, 1.54) is 7.11 Å². The molecule has 0 saturated heterocycles. The highest BCUT2D eigenvalue weighted by atomic mass is 16.5. The zero-order valence-electron chi connectivity index (χ0n) is 7.54. The van der Waals surface area contributed by atoms with Gasteiger partial charge in [0.1, 0.15) is 12.2 Å². The maximum atomic E-state index is 11.0. The second kappa shape index (κ2) is 3.41. The van der Waals surface area contributed by atoms with Gasteiger partial charge in [0.05, 0.1) is 7.11 Å². The van der Waals surface area contributed by atoms with Gasteiger partial charge in [-0.15, -0.1) is 10.2 Å². The van der Waals surface area contributed by atoms with Gasteiger partial charge in [-0.05, 0) is 6.07 Å². The molecule has 2 rings (SSSR count). The van der Waals surface area contributed by atoms with Gasteiger partial charge >= 0.3 is 5.97 Å². The first-order chi connectivity index (χ1) is 6.81. The van der Waals surface area contributed by atoms with Crippen molar-refractivity contribution in [3.8, 4) is 0 Å². The Balaban J connectivity index is 2.38. The number of rotatable bonds is 2. The number of hydrogen-bond donors (Lipinski definition) is 0. The van der Waals surface area contributed by atoms with Gasteiger partial charge in [-0.3, -0.25) is 9.20 Å². The topological polar surface area (TPSA) is 69.4 Å². The predicted octanol–water partition coefficient (Wildman–Crippen LogP) is -0.160. The molecule has 0 aliphatic carbocycles. The first-order valence-electron chi connectivity index (χ1n) is 4.02. The largest absolute Gasteiger partial charge is 0.469 e. The Morgan fingerprint density at radius 1 is 1.57 bits per heavy atom. The van der Waals surface area contributed by atoms with Crippen molar-refractivity contribution in [1.82, 2.24) is 19.6 Å². The molecule has 0 saturated carbocycles. The fourth-order valence-corrected chi connectivity index (χ4v) is 1.11. The monoisotopic (exact) mass is 192 g/mol. The average Bonchev–Trinajstić information content (AvgIpc) is 2.62. The lowest BCUT2D eigenvalue weighted by Crippen LogP contribution is -2.07. The lowest BCUT2D eigenvalue weighted by atomic mass is 10.4. The number of fused-ring (bicyclic) bond motifs is 1. The van der Waals surface area contributed by atoms with E-state index >= 15 is 0 Å². The molecule has 2 aromatic rings. The van der Waals surface area contributed by atoms with Crippen molar-refractivity contribution in [3.63, 3.8) is 0 Å². The molecule has 0 N–H and O–H groups in total. The summed E-state index contributed by atoms with van der Waals surface area (Å²) in [4.78, 5) is 15.0. The smallest absolute Gasteiger partial charge is 0.313 e. The van der Waals surface area contributed by atoms with E-state index in [0.717, 1.165) is 0 Å². The summed E-state index contributed by atoms with van der Waals surface area (Å²) in [5, 5.41) is 7.63. The molecule has 6 nitrogen and oxygen atoms in total. The lowest BCUT2D eigenvalue weighted by molar-refractivity contribution is -0.139. The summed E-state index contributed by atoms with van der Waals surface area (Å²) in [5.74, 6) is 0.662. The van der Waals surface area contributed by atoms with Crippen molar-refractivity contribution in [1.29, 1.82) is 0 Å². The lowest BCUT2D eigenvalue weighted by Gasteiger charge is -1.96. The third-order valence-electron chi connectivity index (χ3n) is 1.79. The third-order valence-corrected chi connectivity index (χ3v) is 1.79. The van der Waals surface area contributed by atoms with Crippen molar-refractivity contribution < 1.29 is 9.53 Å². The number of aromatic nitrogens is 4. The summed E-state index contributed by atoms with van der Waals surface area (Å²) >= 11 is 0. The normalized spacial score (nSPS) is 10.4. The van der Waals surface area contributed by atoms with Crippen LogP contribution >= 0.6 is 0 Å². The van der Waals surface area contributed by atoms with E-state index in [9.17, 15) is 4.79 Å². The van der Waals surface area contributed by atoms with Crippen molar-refractivity contribution in [2.45, 2.75) is 6.42 Å². The Labute approximate surface area is 79.5 Å². The van der Waals surface area contributed by atoms with E-state index in [-0.39, 0.29) is 12.4 Å². The molecular formula is C8H8N4O2. The number of hydrogen-bond acceptors (Lipinski definition) is 5. The number of carbonyl (C=O) groups excluding carboxylic acids is 1. The molecule has 0 spiro atoms. The number of methoxy groups -OCH3 is 1. The van der Waals surface area contributed by atoms with Gasteiger partial charge in [-0.2, -0.15) is 0 Å². The minimum atomic E-state index is -0.344. The molecule has 0 aliphatic heterocycles. The number of nitrogens with zero attached hydrogens (tertiary/aromatic N) is 4. The standard InChI is InChI=1S/C8H8N4O2/c1-14-7(13)5-6-10-11-8-9-3-2-4-12(6)8/h2-4H,5H2,1H3. The highest BCUT2D eigenvalue weighted by Crippen LogP contribution is 2.00. The van der Waals surface area contributed by atoms with E-state index in [1.54, 1.807) is 22.9 Å². The average molecular weight is 192 g/mol. The molecule has 0 bridgehead atoms. The van der Waals surface area contributed by atoms with Gasteiger partial charge in [0.2, 0.25) is 0 Å². The van der Waals surface area contributed by atoms with Gasteiger partial charge in [0.15, 0.2) is 0 Å². The van der Waals surface area contributed by atoms with Crippen LogP contribution in [0, 0.1) is 0 Å². The van der Waals surface area contributed by atoms with E-state index in [2.05, 4.69) is 19.9 Å². The highest BCUT2D eigenvalue weighted by Gasteiger charge is 2.10. The van der Waals surface area contributed by atoms with Crippen LogP contribution in [0.5, 0.6) is 0 Å². The van der Waals surface area contributed by atoms with E-state index in [4.69, 9.17) is 0 Å². The fourth-order valence-electron chi connectivity index (χ4n) is 1.11. The summed E-state index contributed by atoms with van der Waals surface area (Å²) in [6, 6.07) is 1.75. The van der Waals surface area contributed by atoms with E-state index < -0.39 is 0 Å². The van der Waals surface area contributed by atoms with Crippen LogP contribution in [0.1, 0.15) is 5.82 Å². The first kappa shape index (κ1) is 8.61. The highest BCUT2D eigenvalue weighted by molar-refractivity contribution is 5.71. The molecule has 0 aromatic carbocycles. The Hall–Kier alpha value is -1.98. The Bertz CT molecular complexity index is 465. The zero-order valence-corrected chi connectivity index (χ0v) is 7.54. The van der Waals surface area contributed by atoms with Gasteiger partial charge in [0.25, 0.3) is 5.78 Å². The number of esters is 1. The van der Waals surface area contributed by atoms with Crippen molar-refractivity contribution in [2.24, 2.45) is 0 Å². The summed E-state index contributed by atoms with van der Waals surface area (Å²) in [6.07, 6.45) is 3.47. The molecule has 0 unspecified atom stereocenters. The molecule has 0 fully saturated rings. The Morgan fingerprint density at radius 2 is 2.43 bits per heavy atom. The van der Waals surface area contributed by atoms with Gasteiger partial charge in [0, 0.05) is 12.4 Å². The van der Waals surface area contributed by atoms with Gasteiger partial charge in [-0.1, -0.05) is 0 Å². The Morgan fingerprint density at radius 3 is 3.21 bits per heavy atom. The van der Waals surface area contributed by atoms with Crippen molar-refractivity contribution in [3.05, 3.63) is 24.3 Å².